The van der Waals surface area contributed by atoms with E-state index in [1.807, 2.05) is 54.6 Å². The van der Waals surface area contributed by atoms with Gasteiger partial charge in [0.1, 0.15) is 18.1 Å². The molecule has 0 radical (unpaired) electrons. The summed E-state index contributed by atoms with van der Waals surface area (Å²) in [6, 6.07) is 19.7. The van der Waals surface area contributed by atoms with Crippen molar-refractivity contribution in [2.75, 3.05) is 14.2 Å². The molecule has 0 spiro atoms. The van der Waals surface area contributed by atoms with E-state index in [9.17, 15) is 0 Å². The first kappa shape index (κ1) is 24.1. The number of ether oxygens (including phenoxy) is 3. The quantitative estimate of drug-likeness (QED) is 0.195. The second-order valence-corrected chi connectivity index (χ2v) is 8.22. The van der Waals surface area contributed by atoms with E-state index in [4.69, 9.17) is 19.0 Å². The molecule has 0 amide bonds. The molecule has 0 aliphatic heterocycles. The molecule has 1 heterocycles. The van der Waals surface area contributed by atoms with E-state index >= 15 is 0 Å². The maximum atomic E-state index is 6.51. The van der Waals surface area contributed by atoms with Crippen molar-refractivity contribution in [3.05, 3.63) is 89.1 Å². The molecule has 6 nitrogen and oxygen atoms in total. The third kappa shape index (κ3) is 5.38. The number of aryl methyl sites for hydroxylation is 2. The van der Waals surface area contributed by atoms with Crippen molar-refractivity contribution in [2.45, 2.75) is 33.8 Å². The van der Waals surface area contributed by atoms with Gasteiger partial charge in [-0.1, -0.05) is 42.4 Å². The Hall–Kier alpha value is -4.06. The highest BCUT2D eigenvalue weighted by Crippen LogP contribution is 2.38. The average molecular weight is 471 g/mol. The molecule has 180 valence electrons. The van der Waals surface area contributed by atoms with Crippen molar-refractivity contribution in [3.63, 3.8) is 0 Å². The summed E-state index contributed by atoms with van der Waals surface area (Å²) in [6.45, 7) is 6.61. The van der Waals surface area contributed by atoms with Gasteiger partial charge in [-0.25, -0.2) is 0 Å². The summed E-state index contributed by atoms with van der Waals surface area (Å²) in [5.74, 6) is 2.61. The number of fused-ring (bicyclic) bond motifs is 1. The molecule has 0 bridgehead atoms. The first-order chi connectivity index (χ1) is 17.0. The fourth-order valence-electron chi connectivity index (χ4n) is 3.82. The Labute approximate surface area is 206 Å². The van der Waals surface area contributed by atoms with Crippen LogP contribution in [0.3, 0.4) is 0 Å². The van der Waals surface area contributed by atoms with Crippen LogP contribution in [0, 0.1) is 13.8 Å². The van der Waals surface area contributed by atoms with Crippen LogP contribution < -0.4 is 14.2 Å². The van der Waals surface area contributed by atoms with Gasteiger partial charge >= 0.3 is 0 Å². The number of rotatable bonds is 9. The highest BCUT2D eigenvalue weighted by Gasteiger charge is 2.16. The molecule has 4 aromatic rings. The van der Waals surface area contributed by atoms with Crippen LogP contribution in [-0.2, 0) is 11.4 Å². The minimum atomic E-state index is 0.405. The number of benzene rings is 3. The highest BCUT2D eigenvalue weighted by molar-refractivity contribution is 6.03. The van der Waals surface area contributed by atoms with Gasteiger partial charge in [0.25, 0.3) is 0 Å². The van der Waals surface area contributed by atoms with Crippen LogP contribution in [0.25, 0.3) is 10.9 Å². The molecule has 3 aromatic carbocycles. The summed E-state index contributed by atoms with van der Waals surface area (Å²) >= 11 is 0. The predicted molar refractivity (Wildman–Crippen MR) is 139 cm³/mol. The van der Waals surface area contributed by atoms with Crippen LogP contribution in [0.4, 0.5) is 0 Å². The molecule has 4 rings (SSSR count). The van der Waals surface area contributed by atoms with Crippen LogP contribution in [0.15, 0.2) is 72.0 Å². The Morgan fingerprint density at radius 3 is 2.26 bits per heavy atom. The number of hydrogen-bond donors (Lipinski definition) is 0. The van der Waals surface area contributed by atoms with Gasteiger partial charge in [-0.05, 0) is 61.2 Å². The summed E-state index contributed by atoms with van der Waals surface area (Å²) in [5, 5.41) is 5.30. The van der Waals surface area contributed by atoms with E-state index in [0.717, 1.165) is 38.9 Å². The first-order valence-corrected chi connectivity index (χ1v) is 11.6. The van der Waals surface area contributed by atoms with Gasteiger partial charge in [-0.3, -0.25) is 4.98 Å². The summed E-state index contributed by atoms with van der Waals surface area (Å²) in [5.41, 5.74) is 5.81. The Kier molecular flexibility index (Phi) is 7.51. The topological polar surface area (TPSA) is 62.2 Å². The second kappa shape index (κ2) is 10.9. The number of methoxy groups -OCH3 is 2. The Morgan fingerprint density at radius 1 is 0.829 bits per heavy atom. The molecule has 35 heavy (non-hydrogen) atoms. The lowest BCUT2D eigenvalue weighted by atomic mass is 10.0. The SMILES string of the molecule is CC/C(=N\OCc1ccccc1)c1cc(C)c(C)cc1Oc1ccnc2cc(OC)c(OC)cc12. The number of nitrogens with zero attached hydrogens (tertiary/aromatic N) is 2. The zero-order chi connectivity index (χ0) is 24.8. The third-order valence-electron chi connectivity index (χ3n) is 5.92. The fourth-order valence-corrected chi connectivity index (χ4v) is 3.82. The average Bonchev–Trinajstić information content (AvgIpc) is 2.88. The first-order valence-electron chi connectivity index (χ1n) is 11.6. The van der Waals surface area contributed by atoms with E-state index in [-0.39, 0.29) is 0 Å². The van der Waals surface area contributed by atoms with Gasteiger partial charge < -0.3 is 19.0 Å². The predicted octanol–water partition coefficient (Wildman–Crippen LogP) is 6.99. The van der Waals surface area contributed by atoms with Crippen LogP contribution in [0.5, 0.6) is 23.0 Å². The van der Waals surface area contributed by atoms with Gasteiger partial charge in [-0.2, -0.15) is 0 Å². The Bertz CT molecular complexity index is 1350. The lowest BCUT2D eigenvalue weighted by Gasteiger charge is -2.17. The largest absolute Gasteiger partial charge is 0.493 e. The molecule has 0 aliphatic carbocycles. The smallest absolute Gasteiger partial charge is 0.162 e. The van der Waals surface area contributed by atoms with Crippen molar-refractivity contribution in [1.82, 2.24) is 4.98 Å². The number of oxime groups is 1. The molecular formula is C29H30N2O4. The molecule has 6 heteroatoms. The molecule has 0 saturated heterocycles. The monoisotopic (exact) mass is 470 g/mol. The molecule has 0 fully saturated rings. The fraction of sp³-hybridized carbons (Fsp3) is 0.241. The maximum Gasteiger partial charge on any atom is 0.162 e. The van der Waals surface area contributed by atoms with Crippen LogP contribution in [-0.4, -0.2) is 24.9 Å². The van der Waals surface area contributed by atoms with Crippen LogP contribution in [0.1, 0.15) is 35.6 Å². The van der Waals surface area contributed by atoms with Crippen molar-refractivity contribution in [2.24, 2.45) is 5.16 Å². The van der Waals surface area contributed by atoms with E-state index in [2.05, 4.69) is 37.0 Å². The van der Waals surface area contributed by atoms with Gasteiger partial charge in [0.2, 0.25) is 0 Å². The maximum absolute atomic E-state index is 6.51. The third-order valence-corrected chi connectivity index (χ3v) is 5.92. The Balaban J connectivity index is 1.72. The van der Waals surface area contributed by atoms with E-state index < -0.39 is 0 Å². The molecule has 0 atom stereocenters. The van der Waals surface area contributed by atoms with E-state index in [1.165, 1.54) is 0 Å². The van der Waals surface area contributed by atoms with Crippen molar-refractivity contribution >= 4 is 16.6 Å². The summed E-state index contributed by atoms with van der Waals surface area (Å²) in [6.07, 6.45) is 2.41. The summed E-state index contributed by atoms with van der Waals surface area (Å²) < 4.78 is 17.4. The zero-order valence-electron chi connectivity index (χ0n) is 20.8. The van der Waals surface area contributed by atoms with Gasteiger partial charge in [0.15, 0.2) is 11.5 Å². The molecule has 0 saturated carbocycles. The molecule has 0 aliphatic rings. The second-order valence-electron chi connectivity index (χ2n) is 8.22. The lowest BCUT2D eigenvalue weighted by molar-refractivity contribution is 0.130. The normalized spacial score (nSPS) is 11.4. The highest BCUT2D eigenvalue weighted by atomic mass is 16.6. The van der Waals surface area contributed by atoms with Crippen LogP contribution in [0.2, 0.25) is 0 Å². The minimum absolute atomic E-state index is 0.405. The molecule has 0 unspecified atom stereocenters. The molecule has 1 aromatic heterocycles. The van der Waals surface area contributed by atoms with Crippen LogP contribution >= 0.6 is 0 Å². The van der Waals surface area contributed by atoms with Crippen molar-refractivity contribution in [3.8, 4) is 23.0 Å². The van der Waals surface area contributed by atoms with E-state index in [0.29, 0.717) is 36.0 Å². The molecule has 0 N–H and O–H groups in total. The lowest BCUT2D eigenvalue weighted by Crippen LogP contribution is -2.05. The minimum Gasteiger partial charge on any atom is -0.493 e. The van der Waals surface area contributed by atoms with Crippen molar-refractivity contribution in [1.29, 1.82) is 0 Å². The van der Waals surface area contributed by atoms with E-state index in [1.54, 1.807) is 20.4 Å². The summed E-state index contributed by atoms with van der Waals surface area (Å²) in [4.78, 5) is 10.2. The Morgan fingerprint density at radius 2 is 1.54 bits per heavy atom. The zero-order valence-corrected chi connectivity index (χ0v) is 20.8. The standard InChI is InChI=1S/C29H30N2O4/c1-6-24(31-34-18-21-10-8-7-9-11-21)22-14-19(2)20(3)15-27(22)35-26-12-13-30-25-17-29(33-5)28(32-4)16-23(25)26/h7-17H,6,18H2,1-5H3/b31-24+. The van der Waals surface area contributed by atoms with Gasteiger partial charge in [0.05, 0.1) is 25.4 Å². The molecular weight excluding hydrogens is 440 g/mol. The van der Waals surface area contributed by atoms with Gasteiger partial charge in [-0.15, -0.1) is 0 Å². The number of hydrogen-bond acceptors (Lipinski definition) is 6. The van der Waals surface area contributed by atoms with Gasteiger partial charge in [0, 0.05) is 23.2 Å². The number of pyridine rings is 1. The van der Waals surface area contributed by atoms with Crippen molar-refractivity contribution < 1.29 is 19.0 Å². The summed E-state index contributed by atoms with van der Waals surface area (Å²) in [7, 11) is 3.22. The number of aromatic nitrogens is 1.